The highest BCUT2D eigenvalue weighted by molar-refractivity contribution is 6.10. The van der Waals surface area contributed by atoms with Crippen LogP contribution >= 0.6 is 0 Å². The molecule has 0 radical (unpaired) electrons. The molecule has 0 spiro atoms. The minimum absolute atomic E-state index is 0.156. The van der Waals surface area contributed by atoms with Crippen LogP contribution in [0.3, 0.4) is 0 Å². The summed E-state index contributed by atoms with van der Waals surface area (Å²) in [7, 11) is 0. The number of urea groups is 1. The van der Waals surface area contributed by atoms with Crippen molar-refractivity contribution in [3.05, 3.63) is 53.1 Å². The van der Waals surface area contributed by atoms with E-state index in [9.17, 15) is 23.2 Å². The lowest BCUT2D eigenvalue weighted by Crippen LogP contribution is -2.42. The number of fused-ring (bicyclic) bond motifs is 2. The zero-order valence-corrected chi connectivity index (χ0v) is 17.0. The molecule has 4 amide bonds. The molecule has 3 aliphatic rings. The summed E-state index contributed by atoms with van der Waals surface area (Å²) in [5.74, 6) is -1.60. The molecule has 0 saturated carbocycles. The number of alkyl halides is 2. The van der Waals surface area contributed by atoms with E-state index in [-0.39, 0.29) is 17.2 Å². The van der Waals surface area contributed by atoms with Crippen molar-refractivity contribution in [1.29, 1.82) is 0 Å². The lowest BCUT2D eigenvalue weighted by atomic mass is 9.89. The number of benzene rings is 2. The van der Waals surface area contributed by atoms with E-state index >= 15 is 0 Å². The standard InChI is InChI=1S/C22H19F2N3O5/c1-21(14-6-5-12-3-2-4-13(12)9-14)19(29)27(20(30)26-21)11-18(28)25-15-7-8-16-17(10-15)32-22(23,24)31-16/h5-10H,2-4,11H2,1H3,(H,25,28)(H,26,30). The Morgan fingerprint density at radius 1 is 1.09 bits per heavy atom. The first kappa shape index (κ1) is 20.2. The van der Waals surface area contributed by atoms with Crippen LogP contribution in [-0.2, 0) is 28.0 Å². The molecule has 0 aromatic heterocycles. The number of hydrogen-bond acceptors (Lipinski definition) is 5. The van der Waals surface area contributed by atoms with E-state index in [1.165, 1.54) is 23.8 Å². The highest BCUT2D eigenvalue weighted by Gasteiger charge is 2.49. The predicted octanol–water partition coefficient (Wildman–Crippen LogP) is 2.90. The van der Waals surface area contributed by atoms with Gasteiger partial charge in [-0.3, -0.25) is 14.5 Å². The van der Waals surface area contributed by atoms with Crippen LogP contribution < -0.4 is 20.1 Å². The third kappa shape index (κ3) is 3.31. The SMILES string of the molecule is CC1(c2ccc3c(c2)CCC3)NC(=O)N(CC(=O)Nc2ccc3c(c2)OC(F)(F)O3)C1=O. The van der Waals surface area contributed by atoms with Crippen LogP contribution in [0.1, 0.15) is 30.0 Å². The molecule has 2 aliphatic heterocycles. The number of carbonyl (C=O) groups is 3. The van der Waals surface area contributed by atoms with Gasteiger partial charge in [0.1, 0.15) is 12.1 Å². The molecule has 2 N–H and O–H groups in total. The summed E-state index contributed by atoms with van der Waals surface area (Å²) in [4.78, 5) is 38.9. The summed E-state index contributed by atoms with van der Waals surface area (Å²) in [5.41, 5.74) is 1.95. The molecular formula is C22H19F2N3O5. The number of nitrogens with zero attached hydrogens (tertiary/aromatic N) is 1. The van der Waals surface area contributed by atoms with E-state index in [1.54, 1.807) is 6.92 Å². The van der Waals surface area contributed by atoms with Crippen molar-refractivity contribution in [3.8, 4) is 11.5 Å². The van der Waals surface area contributed by atoms with Crippen molar-refractivity contribution in [2.75, 3.05) is 11.9 Å². The molecule has 2 aromatic rings. The molecule has 166 valence electrons. The Kier molecular flexibility index (Phi) is 4.37. The Morgan fingerprint density at radius 2 is 1.84 bits per heavy atom. The van der Waals surface area contributed by atoms with Crippen LogP contribution in [-0.4, -0.2) is 35.6 Å². The maximum absolute atomic E-state index is 13.2. The molecule has 5 rings (SSSR count). The molecule has 32 heavy (non-hydrogen) atoms. The van der Waals surface area contributed by atoms with Crippen molar-refractivity contribution in [2.45, 2.75) is 38.0 Å². The number of amides is 4. The lowest BCUT2D eigenvalue weighted by molar-refractivity contribution is -0.286. The Balaban J connectivity index is 1.29. The molecular weight excluding hydrogens is 424 g/mol. The minimum atomic E-state index is -3.77. The highest BCUT2D eigenvalue weighted by atomic mass is 19.3. The second kappa shape index (κ2) is 6.91. The molecule has 1 atom stereocenters. The van der Waals surface area contributed by atoms with Gasteiger partial charge in [0.15, 0.2) is 11.5 Å². The average Bonchev–Trinajstić information content (AvgIpc) is 3.37. The number of aryl methyl sites for hydroxylation is 2. The second-order valence-electron chi connectivity index (χ2n) is 8.16. The van der Waals surface area contributed by atoms with E-state index in [4.69, 9.17) is 0 Å². The van der Waals surface area contributed by atoms with Gasteiger partial charge in [0.25, 0.3) is 5.91 Å². The maximum atomic E-state index is 13.2. The van der Waals surface area contributed by atoms with Crippen LogP contribution in [0.2, 0.25) is 0 Å². The van der Waals surface area contributed by atoms with Gasteiger partial charge in [-0.25, -0.2) is 4.79 Å². The number of imide groups is 1. The summed E-state index contributed by atoms with van der Waals surface area (Å²) in [6.07, 6.45) is -0.794. The van der Waals surface area contributed by atoms with E-state index in [2.05, 4.69) is 20.1 Å². The number of hydrogen-bond donors (Lipinski definition) is 2. The van der Waals surface area contributed by atoms with Gasteiger partial charge in [-0.2, -0.15) is 0 Å². The molecule has 2 heterocycles. The van der Waals surface area contributed by atoms with Gasteiger partial charge in [0.05, 0.1) is 0 Å². The normalized spacial score (nSPS) is 22.7. The molecule has 10 heteroatoms. The first-order valence-corrected chi connectivity index (χ1v) is 10.1. The van der Waals surface area contributed by atoms with E-state index in [0.717, 1.165) is 29.7 Å². The molecule has 8 nitrogen and oxygen atoms in total. The Bertz CT molecular complexity index is 1170. The fourth-order valence-corrected chi connectivity index (χ4v) is 4.29. The Hall–Kier alpha value is -3.69. The van der Waals surface area contributed by atoms with Crippen LogP contribution in [0.4, 0.5) is 19.3 Å². The number of rotatable bonds is 4. The topological polar surface area (TPSA) is 97.0 Å². The Morgan fingerprint density at radius 3 is 2.66 bits per heavy atom. The van der Waals surface area contributed by atoms with Crippen molar-refractivity contribution >= 4 is 23.5 Å². The molecule has 1 aliphatic carbocycles. The smallest absolute Gasteiger partial charge is 0.395 e. The predicted molar refractivity (Wildman–Crippen MR) is 107 cm³/mol. The number of nitrogens with one attached hydrogen (secondary N) is 2. The molecule has 1 fully saturated rings. The number of ether oxygens (including phenoxy) is 2. The average molecular weight is 443 g/mol. The van der Waals surface area contributed by atoms with Gasteiger partial charge in [-0.05, 0) is 55.0 Å². The second-order valence-corrected chi connectivity index (χ2v) is 8.16. The van der Waals surface area contributed by atoms with Gasteiger partial charge in [0.2, 0.25) is 5.91 Å². The molecule has 1 saturated heterocycles. The zero-order chi connectivity index (χ0) is 22.7. The largest absolute Gasteiger partial charge is 0.586 e. The number of carbonyl (C=O) groups excluding carboxylic acids is 3. The first-order chi connectivity index (χ1) is 15.1. The van der Waals surface area contributed by atoms with Crippen molar-refractivity contribution in [2.24, 2.45) is 0 Å². The fraction of sp³-hybridized carbons (Fsp3) is 0.318. The minimum Gasteiger partial charge on any atom is -0.395 e. The summed E-state index contributed by atoms with van der Waals surface area (Å²) < 4.78 is 35.0. The van der Waals surface area contributed by atoms with Crippen molar-refractivity contribution in [1.82, 2.24) is 10.2 Å². The number of anilines is 1. The lowest BCUT2D eigenvalue weighted by Gasteiger charge is -2.23. The van der Waals surface area contributed by atoms with Crippen LogP contribution in [0.15, 0.2) is 36.4 Å². The third-order valence-corrected chi connectivity index (χ3v) is 5.94. The van der Waals surface area contributed by atoms with Gasteiger partial charge in [0, 0.05) is 11.8 Å². The quantitative estimate of drug-likeness (QED) is 0.709. The fourth-order valence-electron chi connectivity index (χ4n) is 4.29. The van der Waals surface area contributed by atoms with Crippen LogP contribution in [0.25, 0.3) is 0 Å². The molecule has 2 aromatic carbocycles. The zero-order valence-electron chi connectivity index (χ0n) is 17.0. The first-order valence-electron chi connectivity index (χ1n) is 10.1. The summed E-state index contributed by atoms with van der Waals surface area (Å²) in [6, 6.07) is 8.81. The highest BCUT2D eigenvalue weighted by Crippen LogP contribution is 2.42. The maximum Gasteiger partial charge on any atom is 0.586 e. The van der Waals surface area contributed by atoms with E-state index < -0.39 is 36.2 Å². The van der Waals surface area contributed by atoms with Crippen LogP contribution in [0.5, 0.6) is 11.5 Å². The van der Waals surface area contributed by atoms with E-state index in [1.807, 2.05) is 18.2 Å². The monoisotopic (exact) mass is 443 g/mol. The van der Waals surface area contributed by atoms with Gasteiger partial charge in [-0.1, -0.05) is 18.2 Å². The van der Waals surface area contributed by atoms with Crippen molar-refractivity contribution < 1.29 is 32.6 Å². The molecule has 1 unspecified atom stereocenters. The van der Waals surface area contributed by atoms with Gasteiger partial charge in [-0.15, -0.1) is 8.78 Å². The third-order valence-electron chi connectivity index (χ3n) is 5.94. The van der Waals surface area contributed by atoms with Crippen LogP contribution in [0, 0.1) is 0 Å². The van der Waals surface area contributed by atoms with Crippen molar-refractivity contribution in [3.63, 3.8) is 0 Å². The molecule has 0 bridgehead atoms. The Labute approximate surface area is 181 Å². The van der Waals surface area contributed by atoms with E-state index in [0.29, 0.717) is 5.56 Å². The van der Waals surface area contributed by atoms with Gasteiger partial charge >= 0.3 is 12.3 Å². The summed E-state index contributed by atoms with van der Waals surface area (Å²) in [5, 5.41) is 5.16. The number of halogens is 2. The summed E-state index contributed by atoms with van der Waals surface area (Å²) in [6.45, 7) is 1.08. The summed E-state index contributed by atoms with van der Waals surface area (Å²) >= 11 is 0. The van der Waals surface area contributed by atoms with Gasteiger partial charge < -0.3 is 20.1 Å².